The Balaban J connectivity index is 0.000000185. The highest BCUT2D eigenvalue weighted by Gasteiger charge is 2.26. The number of hydrogen-bond donors (Lipinski definition) is 2. The molecule has 6 aromatic rings. The Labute approximate surface area is 442 Å². The Hall–Kier alpha value is -8.02. The highest BCUT2D eigenvalue weighted by Crippen LogP contribution is 2.33. The summed E-state index contributed by atoms with van der Waals surface area (Å²) in [7, 11) is 0. The summed E-state index contributed by atoms with van der Waals surface area (Å²) in [6.07, 6.45) is 1.86. The lowest BCUT2D eigenvalue weighted by molar-refractivity contribution is -0.120. The lowest BCUT2D eigenvalue weighted by Gasteiger charge is -2.30. The molecule has 0 bridgehead atoms. The molecule has 0 unspecified atom stereocenters. The molecule has 75 heavy (non-hydrogen) atoms. The summed E-state index contributed by atoms with van der Waals surface area (Å²) in [5, 5.41) is 18.9. The third-order valence-corrected chi connectivity index (χ3v) is 13.1. The van der Waals surface area contributed by atoms with Gasteiger partial charge >= 0.3 is 5.97 Å². The first-order chi connectivity index (χ1) is 35.9. The van der Waals surface area contributed by atoms with Gasteiger partial charge in [0, 0.05) is 66.8 Å². The first kappa shape index (κ1) is 56.3. The van der Waals surface area contributed by atoms with E-state index >= 15 is 0 Å². The normalized spacial score (nSPS) is 13.3. The Bertz CT molecular complexity index is 3000. The van der Waals surface area contributed by atoms with Crippen molar-refractivity contribution < 1.29 is 43.6 Å². The maximum absolute atomic E-state index is 13.0. The van der Waals surface area contributed by atoms with Gasteiger partial charge in [0.15, 0.2) is 0 Å². The van der Waals surface area contributed by atoms with Crippen molar-refractivity contribution in [1.82, 2.24) is 9.80 Å². The summed E-state index contributed by atoms with van der Waals surface area (Å²) in [4.78, 5) is 52.1. The van der Waals surface area contributed by atoms with Crippen LogP contribution in [-0.4, -0.2) is 75.9 Å². The number of piperidine rings is 2. The molecule has 2 fully saturated rings. The van der Waals surface area contributed by atoms with E-state index < -0.39 is 5.97 Å². The molecule has 2 saturated heterocycles. The fourth-order valence-corrected chi connectivity index (χ4v) is 8.67. The van der Waals surface area contributed by atoms with E-state index in [4.69, 9.17) is 14.2 Å². The summed E-state index contributed by atoms with van der Waals surface area (Å²) < 4.78 is 17.9. The second kappa shape index (κ2) is 26.8. The van der Waals surface area contributed by atoms with Gasteiger partial charge in [-0.3, -0.25) is 14.4 Å². The second-order valence-corrected chi connectivity index (χ2v) is 19.3. The van der Waals surface area contributed by atoms with Crippen LogP contribution in [0.25, 0.3) is 16.7 Å². The number of carbonyl (C=O) groups is 4. The number of hydrogen-bond acceptors (Lipinski definition) is 8. The van der Waals surface area contributed by atoms with Crippen molar-refractivity contribution in [2.75, 3.05) is 26.2 Å². The number of nitrogens with zero attached hydrogens (tertiary/aromatic N) is 2. The minimum absolute atomic E-state index is 0.0107. The average molecular weight is 1010 g/mol. The predicted octanol–water partition coefficient (Wildman–Crippen LogP) is 12.9. The zero-order valence-electron chi connectivity index (χ0n) is 44.2. The lowest BCUT2D eigenvalue weighted by Crippen LogP contribution is -2.40. The maximum atomic E-state index is 13.0. The van der Waals surface area contributed by atoms with Gasteiger partial charge in [0.1, 0.15) is 42.9 Å². The van der Waals surface area contributed by atoms with Gasteiger partial charge in [-0.1, -0.05) is 111 Å². The van der Waals surface area contributed by atoms with Gasteiger partial charge in [0.25, 0.3) is 11.8 Å². The molecule has 2 aliphatic heterocycles. The molecular formula is C64H70N2O9. The van der Waals surface area contributed by atoms with Gasteiger partial charge in [-0.05, 0) is 141 Å². The topological polar surface area (TPSA) is 143 Å². The second-order valence-electron chi connectivity index (χ2n) is 19.3. The Morgan fingerprint density at radius 1 is 0.493 bits per heavy atom. The van der Waals surface area contributed by atoms with E-state index in [0.29, 0.717) is 94.1 Å². The average Bonchev–Trinajstić information content (AvgIpc) is 3.40. The van der Waals surface area contributed by atoms with E-state index in [1.807, 2.05) is 155 Å². The lowest BCUT2D eigenvalue weighted by atomic mass is 9.98. The van der Waals surface area contributed by atoms with Gasteiger partial charge in [-0.15, -0.1) is 0 Å². The van der Waals surface area contributed by atoms with Crippen LogP contribution >= 0.6 is 0 Å². The molecule has 2 N–H and O–H groups in total. The van der Waals surface area contributed by atoms with Crippen LogP contribution in [0.2, 0.25) is 0 Å². The number of carbonyl (C=O) groups excluding carboxylic acids is 3. The maximum Gasteiger partial charge on any atom is 0.335 e. The van der Waals surface area contributed by atoms with Crippen LogP contribution < -0.4 is 14.2 Å². The molecule has 2 heterocycles. The van der Waals surface area contributed by atoms with Gasteiger partial charge in [-0.2, -0.15) is 0 Å². The molecule has 0 atom stereocenters. The van der Waals surface area contributed by atoms with Crippen molar-refractivity contribution in [3.05, 3.63) is 214 Å². The number of ketones is 1. The summed E-state index contributed by atoms with van der Waals surface area (Å²) in [6, 6.07) is 40.8. The third kappa shape index (κ3) is 15.7. The van der Waals surface area contributed by atoms with Gasteiger partial charge in [-0.25, -0.2) is 4.79 Å². The number of carboxylic acid groups (broad SMARTS) is 1. The molecule has 390 valence electrons. The Kier molecular flexibility index (Phi) is 20.1. The molecular weight excluding hydrogens is 941 g/mol. The summed E-state index contributed by atoms with van der Waals surface area (Å²) in [6.45, 7) is 26.8. The number of aliphatic hydroxyl groups is 1. The van der Waals surface area contributed by atoms with Crippen LogP contribution in [0, 0.1) is 20.8 Å². The quantitative estimate of drug-likeness (QED) is 0.103. The van der Waals surface area contributed by atoms with Crippen LogP contribution in [0.1, 0.15) is 128 Å². The Morgan fingerprint density at radius 2 is 0.800 bits per heavy atom. The number of Topliss-reactive ketones (excluding diaryl/α,β-unsaturated/α-hetero) is 1. The van der Waals surface area contributed by atoms with Crippen molar-refractivity contribution in [2.45, 2.75) is 93.2 Å². The third-order valence-electron chi connectivity index (χ3n) is 13.1. The first-order valence-electron chi connectivity index (χ1n) is 25.3. The van der Waals surface area contributed by atoms with E-state index in [9.17, 15) is 29.4 Å². The molecule has 2 aliphatic rings. The van der Waals surface area contributed by atoms with Crippen LogP contribution in [-0.2, 0) is 24.6 Å². The van der Waals surface area contributed by atoms with Gasteiger partial charge < -0.3 is 34.2 Å². The van der Waals surface area contributed by atoms with Crippen LogP contribution in [0.4, 0.5) is 0 Å². The van der Waals surface area contributed by atoms with Crippen LogP contribution in [0.15, 0.2) is 147 Å². The monoisotopic (exact) mass is 1010 g/mol. The summed E-state index contributed by atoms with van der Waals surface area (Å²) in [5.74, 6) is 1.40. The smallest absolute Gasteiger partial charge is 0.335 e. The van der Waals surface area contributed by atoms with E-state index in [-0.39, 0.29) is 29.3 Å². The number of aromatic carboxylic acids is 1. The number of amides is 2. The number of aryl methyl sites for hydroxylation is 3. The van der Waals surface area contributed by atoms with Crippen LogP contribution in [0.5, 0.6) is 17.2 Å². The molecule has 0 radical (unpaired) electrons. The number of allylic oxidation sites excluding steroid dienone is 3. The number of likely N-dealkylation sites (tertiary alicyclic amines) is 2. The number of aliphatic hydroxyl groups excluding tert-OH is 1. The number of ether oxygens (including phenoxy) is 3. The summed E-state index contributed by atoms with van der Waals surface area (Å²) >= 11 is 0. The van der Waals surface area contributed by atoms with Crippen molar-refractivity contribution in [2.24, 2.45) is 0 Å². The van der Waals surface area contributed by atoms with Crippen molar-refractivity contribution in [3.63, 3.8) is 0 Å². The molecule has 0 saturated carbocycles. The highest BCUT2D eigenvalue weighted by molar-refractivity contribution is 5.98. The van der Waals surface area contributed by atoms with Gasteiger partial charge in [0.05, 0.1) is 11.7 Å². The molecule has 11 nitrogen and oxygen atoms in total. The molecule has 11 heteroatoms. The molecule has 0 aliphatic carbocycles. The predicted molar refractivity (Wildman–Crippen MR) is 298 cm³/mol. The Morgan fingerprint density at radius 3 is 1.12 bits per heavy atom. The fraction of sp³-hybridized carbons (Fsp3) is 0.281. The van der Waals surface area contributed by atoms with E-state index in [0.717, 1.165) is 72.7 Å². The van der Waals surface area contributed by atoms with Crippen molar-refractivity contribution in [3.8, 4) is 17.2 Å². The SMILES string of the molecule is C=C(C)c1cc(C(=O)N2CCC(=O)CC2)c(C)cc1OCc1ccccc1.C=C(C)c1cc(C(=O)N2CCC(O)CC2)c(C)cc1OCc1ccccc1.C=C(C)c1cc(C(=O)O)c(C)cc1OCc1ccccc1. The highest BCUT2D eigenvalue weighted by atomic mass is 16.5. The zero-order chi connectivity index (χ0) is 54.2. The molecule has 0 aromatic heterocycles. The molecule has 2 amide bonds. The van der Waals surface area contributed by atoms with Crippen LogP contribution in [0.3, 0.4) is 0 Å². The first-order valence-corrected chi connectivity index (χ1v) is 25.3. The van der Waals surface area contributed by atoms with E-state index in [2.05, 4.69) is 19.7 Å². The standard InChI is InChI=1S/C23H27NO3.C23H25NO3.C18H18O3/c2*1-16(2)20-14-21(23(26)24-11-9-19(25)10-12-24)17(3)13-22(20)27-15-18-7-5-4-6-8-18;1-12(2)15-10-16(18(19)20)13(3)9-17(15)21-11-14-7-5-4-6-8-14/h4-8,13-14,19,25H,1,9-12,15H2,2-3H3;4-8,13-14H,1,9-12,15H2,2-3H3;4-10H,1,11H2,2-3H3,(H,19,20). The van der Waals surface area contributed by atoms with E-state index in [1.165, 1.54) is 0 Å². The molecule has 8 rings (SSSR count). The number of carboxylic acids is 1. The molecule has 6 aromatic carbocycles. The van der Waals surface area contributed by atoms with Crippen molar-refractivity contribution in [1.29, 1.82) is 0 Å². The molecule has 0 spiro atoms. The zero-order valence-corrected chi connectivity index (χ0v) is 44.2. The van der Waals surface area contributed by atoms with Crippen molar-refractivity contribution >= 4 is 40.3 Å². The van der Waals surface area contributed by atoms with E-state index in [1.54, 1.807) is 24.0 Å². The summed E-state index contributed by atoms with van der Waals surface area (Å²) in [5.41, 5.74) is 12.2. The fourth-order valence-electron chi connectivity index (χ4n) is 8.67. The number of benzene rings is 6. The largest absolute Gasteiger partial charge is 0.488 e. The minimum Gasteiger partial charge on any atom is -0.488 e. The number of rotatable bonds is 15. The van der Waals surface area contributed by atoms with Gasteiger partial charge in [0.2, 0.25) is 0 Å². The minimum atomic E-state index is -0.940.